The molecule has 2 aromatic heterocycles. The molecule has 2 N–H and O–H groups in total. The van der Waals surface area contributed by atoms with E-state index in [1.54, 1.807) is 6.20 Å². The Morgan fingerprint density at radius 2 is 1.92 bits per heavy atom. The Bertz CT molecular complexity index is 1070. The van der Waals surface area contributed by atoms with Gasteiger partial charge in [-0.2, -0.15) is 0 Å². The fourth-order valence-electron chi connectivity index (χ4n) is 2.67. The van der Waals surface area contributed by atoms with Crippen LogP contribution in [0.5, 0.6) is 0 Å². The highest BCUT2D eigenvalue weighted by Crippen LogP contribution is 2.20. The molecule has 0 radical (unpaired) electrons. The normalized spacial score (nSPS) is 11.0. The van der Waals surface area contributed by atoms with Gasteiger partial charge in [0.05, 0.1) is 24.2 Å². The summed E-state index contributed by atoms with van der Waals surface area (Å²) in [4.78, 5) is 24.0. The van der Waals surface area contributed by atoms with Crippen LogP contribution in [0.4, 0.5) is 0 Å². The fourth-order valence-corrected chi connectivity index (χ4v) is 2.67. The van der Waals surface area contributed by atoms with Crippen molar-refractivity contribution < 1.29 is 5.11 Å². The van der Waals surface area contributed by atoms with E-state index in [2.05, 4.69) is 15.0 Å². The molecular weight excluding hydrogens is 304 g/mol. The summed E-state index contributed by atoms with van der Waals surface area (Å²) in [5.41, 5.74) is 3.63. The first-order valence-electron chi connectivity index (χ1n) is 7.49. The lowest BCUT2D eigenvalue weighted by Crippen LogP contribution is -2.14. The predicted octanol–water partition coefficient (Wildman–Crippen LogP) is 2.27. The number of nitrogens with zero attached hydrogens (tertiary/aromatic N) is 3. The number of aromatic amines is 1. The topological polar surface area (TPSA) is 83.8 Å². The molecule has 118 valence electrons. The van der Waals surface area contributed by atoms with Crippen molar-refractivity contribution in [2.45, 2.75) is 6.61 Å². The summed E-state index contributed by atoms with van der Waals surface area (Å²) < 4.78 is 1.50. The maximum Gasteiger partial charge on any atom is 0.333 e. The number of fused-ring (bicyclic) bond motifs is 1. The molecule has 0 aliphatic carbocycles. The van der Waals surface area contributed by atoms with Crippen LogP contribution in [0.1, 0.15) is 5.56 Å². The number of rotatable bonds is 3. The molecule has 0 atom stereocenters. The SMILES string of the molecule is O=c1[nH]c2nc(-c3cccc(CO)c3)cnc2n1-c1ccccc1. The van der Waals surface area contributed by atoms with Crippen molar-refractivity contribution in [2.24, 2.45) is 0 Å². The molecular formula is C18H14N4O2. The van der Waals surface area contributed by atoms with E-state index in [0.29, 0.717) is 17.0 Å². The number of H-pyrrole nitrogens is 1. The molecule has 2 heterocycles. The van der Waals surface area contributed by atoms with E-state index in [-0.39, 0.29) is 12.3 Å². The van der Waals surface area contributed by atoms with E-state index in [0.717, 1.165) is 16.8 Å². The second-order valence-electron chi connectivity index (χ2n) is 5.39. The molecule has 0 amide bonds. The molecule has 6 heteroatoms. The first-order chi connectivity index (χ1) is 11.8. The minimum Gasteiger partial charge on any atom is -0.392 e. The number of hydrogen-bond donors (Lipinski definition) is 2. The predicted molar refractivity (Wildman–Crippen MR) is 90.8 cm³/mol. The van der Waals surface area contributed by atoms with Gasteiger partial charge in [0.1, 0.15) is 0 Å². The average molecular weight is 318 g/mol. The van der Waals surface area contributed by atoms with Crippen LogP contribution >= 0.6 is 0 Å². The van der Waals surface area contributed by atoms with E-state index in [1.807, 2.05) is 54.6 Å². The van der Waals surface area contributed by atoms with Gasteiger partial charge in [-0.15, -0.1) is 0 Å². The second kappa shape index (κ2) is 5.75. The lowest BCUT2D eigenvalue weighted by atomic mass is 10.1. The van der Waals surface area contributed by atoms with Crippen molar-refractivity contribution in [2.75, 3.05) is 0 Å². The van der Waals surface area contributed by atoms with Gasteiger partial charge in [-0.1, -0.05) is 36.4 Å². The van der Waals surface area contributed by atoms with Crippen LogP contribution in [0.3, 0.4) is 0 Å². The van der Waals surface area contributed by atoms with E-state index < -0.39 is 0 Å². The highest BCUT2D eigenvalue weighted by atomic mass is 16.3. The summed E-state index contributed by atoms with van der Waals surface area (Å²) in [6, 6.07) is 16.7. The molecule has 0 saturated carbocycles. The average Bonchev–Trinajstić information content (AvgIpc) is 2.97. The molecule has 0 bridgehead atoms. The second-order valence-corrected chi connectivity index (χ2v) is 5.39. The van der Waals surface area contributed by atoms with Crippen molar-refractivity contribution in [3.63, 3.8) is 0 Å². The van der Waals surface area contributed by atoms with Gasteiger partial charge in [0.15, 0.2) is 11.3 Å². The molecule has 4 aromatic rings. The van der Waals surface area contributed by atoms with Gasteiger partial charge in [-0.3, -0.25) is 4.98 Å². The van der Waals surface area contributed by atoms with Crippen molar-refractivity contribution in [1.29, 1.82) is 0 Å². The highest BCUT2D eigenvalue weighted by Gasteiger charge is 2.12. The minimum atomic E-state index is -0.280. The Hall–Kier alpha value is -3.25. The van der Waals surface area contributed by atoms with Crippen LogP contribution in [0.2, 0.25) is 0 Å². The molecule has 0 fully saturated rings. The number of aliphatic hydroxyl groups excluding tert-OH is 1. The number of benzene rings is 2. The molecule has 6 nitrogen and oxygen atoms in total. The summed E-state index contributed by atoms with van der Waals surface area (Å²) in [5.74, 6) is 0. The third-order valence-corrected chi connectivity index (χ3v) is 3.81. The van der Waals surface area contributed by atoms with Crippen molar-refractivity contribution in [3.8, 4) is 16.9 Å². The number of aromatic nitrogens is 4. The first kappa shape index (κ1) is 14.3. The van der Waals surface area contributed by atoms with Gasteiger partial charge in [0.25, 0.3) is 0 Å². The zero-order valence-corrected chi connectivity index (χ0v) is 12.7. The monoisotopic (exact) mass is 318 g/mol. The third kappa shape index (κ3) is 2.39. The van der Waals surface area contributed by atoms with Crippen LogP contribution in [-0.2, 0) is 6.61 Å². The maximum atomic E-state index is 12.3. The molecule has 0 aliphatic heterocycles. The van der Waals surface area contributed by atoms with Crippen LogP contribution in [0.25, 0.3) is 28.2 Å². The molecule has 0 aliphatic rings. The standard InChI is InChI=1S/C18H14N4O2/c23-11-12-5-4-6-13(9-12)15-10-19-17-16(20-15)21-18(24)22(17)14-7-2-1-3-8-14/h1-10,23H,11H2,(H,20,21,24). The van der Waals surface area contributed by atoms with Crippen molar-refractivity contribution >= 4 is 11.3 Å². The number of nitrogens with one attached hydrogen (secondary N) is 1. The van der Waals surface area contributed by atoms with E-state index in [1.165, 1.54) is 4.57 Å². The summed E-state index contributed by atoms with van der Waals surface area (Å²) in [5, 5.41) is 9.26. The molecule has 0 saturated heterocycles. The Balaban J connectivity index is 1.87. The highest BCUT2D eigenvalue weighted by molar-refractivity contribution is 5.72. The van der Waals surface area contributed by atoms with Crippen LogP contribution in [-0.4, -0.2) is 24.6 Å². The summed E-state index contributed by atoms with van der Waals surface area (Å²) in [6.07, 6.45) is 1.63. The molecule has 2 aromatic carbocycles. The van der Waals surface area contributed by atoms with Gasteiger partial charge in [0.2, 0.25) is 0 Å². The molecule has 24 heavy (non-hydrogen) atoms. The molecule has 0 spiro atoms. The largest absolute Gasteiger partial charge is 0.392 e. The molecule has 0 unspecified atom stereocenters. The minimum absolute atomic E-state index is 0.0370. The Kier molecular flexibility index (Phi) is 3.44. The zero-order valence-electron chi connectivity index (χ0n) is 12.7. The number of para-hydroxylation sites is 1. The van der Waals surface area contributed by atoms with Crippen LogP contribution < -0.4 is 5.69 Å². The fraction of sp³-hybridized carbons (Fsp3) is 0.0556. The van der Waals surface area contributed by atoms with E-state index in [4.69, 9.17) is 0 Å². The van der Waals surface area contributed by atoms with Crippen LogP contribution in [0.15, 0.2) is 65.6 Å². The molecule has 4 rings (SSSR count). The van der Waals surface area contributed by atoms with Crippen molar-refractivity contribution in [3.05, 3.63) is 76.8 Å². The third-order valence-electron chi connectivity index (χ3n) is 3.81. The lowest BCUT2D eigenvalue weighted by molar-refractivity contribution is 0.282. The quantitative estimate of drug-likeness (QED) is 0.607. The van der Waals surface area contributed by atoms with Gasteiger partial charge in [0, 0.05) is 5.56 Å². The lowest BCUT2D eigenvalue weighted by Gasteiger charge is -2.04. The first-order valence-corrected chi connectivity index (χ1v) is 7.49. The van der Waals surface area contributed by atoms with Crippen molar-refractivity contribution in [1.82, 2.24) is 19.5 Å². The number of aliphatic hydroxyl groups is 1. The van der Waals surface area contributed by atoms with Crippen LogP contribution in [0, 0.1) is 0 Å². The van der Waals surface area contributed by atoms with Gasteiger partial charge >= 0.3 is 5.69 Å². The van der Waals surface area contributed by atoms with E-state index in [9.17, 15) is 9.90 Å². The Morgan fingerprint density at radius 3 is 2.71 bits per heavy atom. The van der Waals surface area contributed by atoms with Gasteiger partial charge in [-0.25, -0.2) is 19.3 Å². The summed E-state index contributed by atoms with van der Waals surface area (Å²) >= 11 is 0. The summed E-state index contributed by atoms with van der Waals surface area (Å²) in [6.45, 7) is -0.0370. The smallest absolute Gasteiger partial charge is 0.333 e. The van der Waals surface area contributed by atoms with Gasteiger partial charge < -0.3 is 5.11 Å². The van der Waals surface area contributed by atoms with E-state index >= 15 is 0 Å². The Labute approximate surface area is 137 Å². The number of imidazole rings is 1. The maximum absolute atomic E-state index is 12.3. The number of hydrogen-bond acceptors (Lipinski definition) is 4. The summed E-state index contributed by atoms with van der Waals surface area (Å²) in [7, 11) is 0. The Morgan fingerprint density at radius 1 is 1.08 bits per heavy atom. The zero-order chi connectivity index (χ0) is 16.5. The van der Waals surface area contributed by atoms with Gasteiger partial charge in [-0.05, 0) is 23.8 Å².